The van der Waals surface area contributed by atoms with E-state index in [0.29, 0.717) is 29.6 Å². The predicted octanol–water partition coefficient (Wildman–Crippen LogP) is 5.10. The Bertz CT molecular complexity index is 1520. The number of furan rings is 1. The Labute approximate surface area is 300 Å². The van der Waals surface area contributed by atoms with Gasteiger partial charge in [0.05, 0.1) is 0 Å². The molecule has 0 aliphatic heterocycles. The van der Waals surface area contributed by atoms with Gasteiger partial charge in [-0.3, -0.25) is 0 Å². The van der Waals surface area contributed by atoms with E-state index >= 15 is 0 Å². The van der Waals surface area contributed by atoms with Crippen molar-refractivity contribution < 1.29 is 53.5 Å². The van der Waals surface area contributed by atoms with Crippen molar-refractivity contribution in [3.05, 3.63) is 113 Å². The Hall–Kier alpha value is -1.73. The molecule has 1 aromatic heterocycles. The summed E-state index contributed by atoms with van der Waals surface area (Å²) in [7, 11) is 0. The molecule has 1 heterocycles. The molecule has 0 N–H and O–H groups in total. The number of rotatable bonds is 1. The van der Waals surface area contributed by atoms with Crippen molar-refractivity contribution in [1.82, 2.24) is 0 Å². The third kappa shape index (κ3) is 6.19. The Kier molecular flexibility index (Phi) is 12.2. The molecular weight excluding hydrogens is 671 g/mol. The van der Waals surface area contributed by atoms with Gasteiger partial charge in [0, 0.05) is 17.9 Å². The van der Waals surface area contributed by atoms with Crippen molar-refractivity contribution in [3.63, 3.8) is 0 Å². The number of halogens is 2. The zero-order valence-corrected chi connectivity index (χ0v) is 32.7. The van der Waals surface area contributed by atoms with E-state index in [-0.39, 0.29) is 35.6 Å². The first kappa shape index (κ1) is 37.7. The molecule has 0 bridgehead atoms. The summed E-state index contributed by atoms with van der Waals surface area (Å²) in [5.74, 6) is 4.93. The summed E-state index contributed by atoms with van der Waals surface area (Å²) in [6.45, 7) is 24.4. The predicted molar refractivity (Wildman–Crippen MR) is 180 cm³/mol. The molecule has 7 atom stereocenters. The molecule has 0 saturated heterocycles. The van der Waals surface area contributed by atoms with Crippen molar-refractivity contribution in [1.29, 1.82) is 0 Å². The number of benzene rings is 1. The zero-order valence-electron chi connectivity index (χ0n) is 28.8. The van der Waals surface area contributed by atoms with Gasteiger partial charge in [0.15, 0.2) is 0 Å². The first-order valence-corrected chi connectivity index (χ1v) is 17.4. The SMILES string of the molecule is C[C-]1C2=C3Cc4ccccc4C3=C3C=CC(C)C(C)C3(C)C2(C)C(C)C(C)C1C.C[C](C)=[Zr+2].[Cl-].[Cl-].c1cc[c-](-c2ccoc2)c1. The maximum Gasteiger partial charge on any atom is 0.0471 e. The fourth-order valence-electron chi connectivity index (χ4n) is 8.83. The minimum Gasteiger partial charge on any atom is -1.00 e. The van der Waals surface area contributed by atoms with Gasteiger partial charge in [0.1, 0.15) is 0 Å². The molecule has 0 spiro atoms. The number of fused-ring (bicyclic) bond motifs is 6. The average Bonchev–Trinajstić information content (AvgIpc) is 3.75. The van der Waals surface area contributed by atoms with E-state index in [9.17, 15) is 0 Å². The molecule has 0 radical (unpaired) electrons. The number of allylic oxidation sites excluding steroid dienone is 6. The topological polar surface area (TPSA) is 13.1 Å². The quantitative estimate of drug-likeness (QED) is 0.320. The van der Waals surface area contributed by atoms with Crippen LogP contribution in [-0.2, 0) is 30.7 Å². The van der Waals surface area contributed by atoms with Gasteiger partial charge in [-0.15, -0.1) is 19.1 Å². The summed E-state index contributed by atoms with van der Waals surface area (Å²) in [5, 5.41) is 0. The molecule has 7 rings (SSSR count). The summed E-state index contributed by atoms with van der Waals surface area (Å²) >= 11 is 1.55. The van der Waals surface area contributed by atoms with Gasteiger partial charge in [0.25, 0.3) is 0 Å². The number of hydrogen-bond acceptors (Lipinski definition) is 1. The van der Waals surface area contributed by atoms with E-state index < -0.39 is 0 Å². The van der Waals surface area contributed by atoms with E-state index in [1.807, 2.05) is 18.2 Å². The van der Waals surface area contributed by atoms with E-state index in [2.05, 4.69) is 118 Å². The standard InChI is InChI=1S/C29H37.C9H7O.C3H6.2ClH.Zr/c1-16-13-14-25-26-23-12-10-9-11-22(23)15-24(26)27-19(4)17(2)18(3)21(6)29(27,8)28(25,7)20(16)5;1-2-4-8(3-1)9-5-6-10-7-9;1-3-2;;;/h9-14,16-18,20-21H,15H2,1-8H3;1-7H;1-2H3;2*1H;/q2*-1;;;;+2/p-2. The van der Waals surface area contributed by atoms with Crippen molar-refractivity contribution in [3.8, 4) is 11.1 Å². The van der Waals surface area contributed by atoms with Gasteiger partial charge < -0.3 is 29.2 Å². The Balaban J connectivity index is 0.000000288. The molecule has 45 heavy (non-hydrogen) atoms. The van der Waals surface area contributed by atoms with Crippen LogP contribution in [-0.4, -0.2) is 3.21 Å². The van der Waals surface area contributed by atoms with Crippen molar-refractivity contribution in [2.24, 2.45) is 40.4 Å². The fourth-order valence-corrected chi connectivity index (χ4v) is 8.83. The molecule has 2 aromatic carbocycles. The smallest absolute Gasteiger partial charge is 0.0471 e. The Morgan fingerprint density at radius 1 is 0.889 bits per heavy atom. The molecule has 1 saturated carbocycles. The summed E-state index contributed by atoms with van der Waals surface area (Å²) in [6.07, 6.45) is 9.54. The maximum atomic E-state index is 4.94. The van der Waals surface area contributed by atoms with Crippen LogP contribution in [0.3, 0.4) is 0 Å². The molecule has 4 aliphatic carbocycles. The molecule has 3 aromatic rings. The van der Waals surface area contributed by atoms with Crippen molar-refractivity contribution >= 4 is 8.78 Å². The fraction of sp³-hybridized carbons (Fsp3) is 0.439. The first-order valence-electron chi connectivity index (χ1n) is 16.2. The van der Waals surface area contributed by atoms with Crippen molar-refractivity contribution in [2.45, 2.75) is 75.7 Å². The van der Waals surface area contributed by atoms with E-state index in [1.54, 1.807) is 65.0 Å². The monoisotopic (exact) mass is 718 g/mol. The van der Waals surface area contributed by atoms with Crippen LogP contribution in [0.5, 0.6) is 0 Å². The van der Waals surface area contributed by atoms with Gasteiger partial charge in [-0.1, -0.05) is 131 Å². The second-order valence-electron chi connectivity index (χ2n) is 14.2. The maximum absolute atomic E-state index is 4.94. The van der Waals surface area contributed by atoms with Gasteiger partial charge in [0.2, 0.25) is 0 Å². The largest absolute Gasteiger partial charge is 1.00 e. The Morgan fingerprint density at radius 2 is 1.51 bits per heavy atom. The minimum absolute atomic E-state index is 0. The van der Waals surface area contributed by atoms with E-state index in [1.165, 1.54) is 19.9 Å². The van der Waals surface area contributed by atoms with Crippen LogP contribution in [0.2, 0.25) is 0 Å². The normalized spacial score (nSPS) is 30.7. The third-order valence-corrected chi connectivity index (χ3v) is 12.0. The summed E-state index contributed by atoms with van der Waals surface area (Å²) in [4.78, 5) is 0. The van der Waals surface area contributed by atoms with Gasteiger partial charge in [-0.25, -0.2) is 5.92 Å². The second kappa shape index (κ2) is 14.6. The summed E-state index contributed by atoms with van der Waals surface area (Å²) in [6, 6.07) is 19.3. The molecule has 0 amide bonds. The van der Waals surface area contributed by atoms with Crippen LogP contribution in [0.15, 0.2) is 100 Å². The molecule has 4 aliphatic rings. The van der Waals surface area contributed by atoms with Gasteiger partial charge in [-0.05, 0) is 34.7 Å². The zero-order chi connectivity index (χ0) is 31.3. The number of hydrogen-bond donors (Lipinski definition) is 0. The van der Waals surface area contributed by atoms with Gasteiger partial charge >= 0.3 is 41.3 Å². The first-order chi connectivity index (χ1) is 20.4. The summed E-state index contributed by atoms with van der Waals surface area (Å²) < 4.78 is 6.44. The van der Waals surface area contributed by atoms with Crippen LogP contribution in [0.1, 0.15) is 80.4 Å². The summed E-state index contributed by atoms with van der Waals surface area (Å²) in [5.41, 5.74) is 12.3. The van der Waals surface area contributed by atoms with Crippen LogP contribution in [0, 0.1) is 46.3 Å². The third-order valence-electron chi connectivity index (χ3n) is 12.0. The van der Waals surface area contributed by atoms with Crippen LogP contribution < -0.4 is 24.8 Å². The second-order valence-corrected chi connectivity index (χ2v) is 16.7. The van der Waals surface area contributed by atoms with Crippen LogP contribution >= 0.6 is 0 Å². The van der Waals surface area contributed by atoms with Crippen LogP contribution in [0.25, 0.3) is 16.7 Å². The molecule has 1 nitrogen and oxygen atoms in total. The minimum atomic E-state index is 0. The van der Waals surface area contributed by atoms with Crippen molar-refractivity contribution in [2.75, 3.05) is 0 Å². The van der Waals surface area contributed by atoms with E-state index in [4.69, 9.17) is 4.42 Å². The molecule has 4 heteroatoms. The molecular formula is C41H50Cl2OZr-2. The van der Waals surface area contributed by atoms with E-state index in [0.717, 1.165) is 12.0 Å². The molecule has 1 fully saturated rings. The van der Waals surface area contributed by atoms with Gasteiger partial charge in [-0.2, -0.15) is 23.3 Å². The van der Waals surface area contributed by atoms with Crippen LogP contribution in [0.4, 0.5) is 0 Å². The molecule has 240 valence electrons. The Morgan fingerprint density at radius 3 is 2.11 bits per heavy atom. The average molecular weight is 721 g/mol. The molecule has 7 unspecified atom stereocenters.